The van der Waals surface area contributed by atoms with E-state index in [1.54, 1.807) is 31.2 Å². The van der Waals surface area contributed by atoms with Crippen LogP contribution in [0.4, 0.5) is 0 Å². The normalized spacial score (nSPS) is 16.8. The molecular formula is C18H21ClN2O3. The third-order valence-corrected chi connectivity index (χ3v) is 4.64. The molecule has 1 aromatic carbocycles. The summed E-state index contributed by atoms with van der Waals surface area (Å²) in [6.07, 6.45) is 4.53. The summed E-state index contributed by atoms with van der Waals surface area (Å²) < 4.78 is 5.26. The number of aliphatic hydroxyl groups is 1. The minimum absolute atomic E-state index is 0.168. The highest BCUT2D eigenvalue weighted by atomic mass is 35.5. The molecule has 1 aliphatic carbocycles. The van der Waals surface area contributed by atoms with Crippen molar-refractivity contribution >= 4 is 17.5 Å². The van der Waals surface area contributed by atoms with Gasteiger partial charge in [-0.05, 0) is 31.9 Å². The number of halogens is 1. The second-order valence-electron chi connectivity index (χ2n) is 6.26. The van der Waals surface area contributed by atoms with Crippen molar-refractivity contribution in [1.82, 2.24) is 10.5 Å². The molecule has 128 valence electrons. The van der Waals surface area contributed by atoms with E-state index in [0.717, 1.165) is 31.2 Å². The number of aromatic nitrogens is 1. The van der Waals surface area contributed by atoms with Crippen LogP contribution in [0.3, 0.4) is 0 Å². The van der Waals surface area contributed by atoms with Crippen LogP contribution < -0.4 is 5.32 Å². The number of carbonyl (C=O) groups excluding carboxylic acids is 1. The monoisotopic (exact) mass is 348 g/mol. The maximum Gasteiger partial charge on any atom is 0.257 e. The highest BCUT2D eigenvalue weighted by molar-refractivity contribution is 6.30. The minimum Gasteiger partial charge on any atom is -0.385 e. The van der Waals surface area contributed by atoms with Gasteiger partial charge in [-0.25, -0.2) is 0 Å². The lowest BCUT2D eigenvalue weighted by Crippen LogP contribution is -2.36. The molecule has 3 rings (SSSR count). The second-order valence-corrected chi connectivity index (χ2v) is 6.70. The first kappa shape index (κ1) is 17.0. The molecule has 0 spiro atoms. The van der Waals surface area contributed by atoms with E-state index in [9.17, 15) is 9.90 Å². The van der Waals surface area contributed by atoms with Gasteiger partial charge in [-0.15, -0.1) is 0 Å². The quantitative estimate of drug-likeness (QED) is 0.871. The summed E-state index contributed by atoms with van der Waals surface area (Å²) in [6.45, 7) is 1.56. The summed E-state index contributed by atoms with van der Waals surface area (Å²) in [6, 6.07) is 7.20. The van der Waals surface area contributed by atoms with Gasteiger partial charge in [0, 0.05) is 16.6 Å². The first-order chi connectivity index (χ1) is 11.6. The Hall–Kier alpha value is -1.85. The van der Waals surface area contributed by atoms with E-state index in [1.165, 1.54) is 6.42 Å². The van der Waals surface area contributed by atoms with E-state index in [1.807, 2.05) is 0 Å². The smallest absolute Gasteiger partial charge is 0.257 e. The lowest BCUT2D eigenvalue weighted by atomic mass is 9.95. The van der Waals surface area contributed by atoms with Crippen molar-refractivity contribution in [3.8, 4) is 11.3 Å². The van der Waals surface area contributed by atoms with Gasteiger partial charge in [-0.2, -0.15) is 0 Å². The number of hydrogen-bond acceptors (Lipinski definition) is 4. The zero-order valence-corrected chi connectivity index (χ0v) is 14.3. The van der Waals surface area contributed by atoms with Crippen LogP contribution >= 0.6 is 11.6 Å². The molecule has 1 aromatic heterocycles. The fourth-order valence-electron chi connectivity index (χ4n) is 3.12. The number of nitrogens with zero attached hydrogens (tertiary/aromatic N) is 1. The van der Waals surface area contributed by atoms with Crippen LogP contribution in [0, 0.1) is 0 Å². The Morgan fingerprint density at radius 3 is 2.58 bits per heavy atom. The Kier molecular flexibility index (Phi) is 5.21. The van der Waals surface area contributed by atoms with Gasteiger partial charge in [0.05, 0.1) is 0 Å². The first-order valence-corrected chi connectivity index (χ1v) is 8.68. The summed E-state index contributed by atoms with van der Waals surface area (Å²) in [5.74, 6) is -0.0581. The van der Waals surface area contributed by atoms with E-state index in [4.69, 9.17) is 16.1 Å². The maximum absolute atomic E-state index is 12.8. The molecule has 0 radical (unpaired) electrons. The summed E-state index contributed by atoms with van der Waals surface area (Å²) in [5.41, 5.74) is 1.46. The van der Waals surface area contributed by atoms with Crippen molar-refractivity contribution < 1.29 is 14.4 Å². The number of amides is 1. The van der Waals surface area contributed by atoms with Crippen molar-refractivity contribution in [1.29, 1.82) is 0 Å². The molecule has 24 heavy (non-hydrogen) atoms. The fraction of sp³-hybridized carbons (Fsp3) is 0.444. The van der Waals surface area contributed by atoms with E-state index in [-0.39, 0.29) is 17.7 Å². The predicted octanol–water partition coefficient (Wildman–Crippen LogP) is 4.11. The van der Waals surface area contributed by atoms with Crippen molar-refractivity contribution in [3.63, 3.8) is 0 Å². The topological polar surface area (TPSA) is 75.4 Å². The van der Waals surface area contributed by atoms with Gasteiger partial charge in [-0.3, -0.25) is 4.79 Å². The van der Waals surface area contributed by atoms with Crippen molar-refractivity contribution in [2.24, 2.45) is 0 Å². The molecule has 1 amide bonds. The van der Waals surface area contributed by atoms with Gasteiger partial charge in [0.2, 0.25) is 0 Å². The standard InChI is InChI=1S/C18H21ClN2O3/c1-11(22)17-15(18(23)20-14-5-3-2-4-6-14)16(21-24-17)12-7-9-13(19)10-8-12/h7-11,14,22H,2-6H2,1H3,(H,20,23). The van der Waals surface area contributed by atoms with Gasteiger partial charge >= 0.3 is 0 Å². The molecule has 1 unspecified atom stereocenters. The SMILES string of the molecule is CC(O)c1onc(-c2ccc(Cl)cc2)c1C(=O)NC1CCCCC1. The van der Waals surface area contributed by atoms with Crippen LogP contribution in [0.5, 0.6) is 0 Å². The van der Waals surface area contributed by atoms with E-state index in [0.29, 0.717) is 16.3 Å². The molecule has 0 saturated heterocycles. The molecule has 2 N–H and O–H groups in total. The summed E-state index contributed by atoms with van der Waals surface area (Å²) in [7, 11) is 0. The Balaban J connectivity index is 1.93. The van der Waals surface area contributed by atoms with Crippen molar-refractivity contribution in [2.45, 2.75) is 51.2 Å². The van der Waals surface area contributed by atoms with Crippen molar-refractivity contribution in [3.05, 3.63) is 40.6 Å². The third-order valence-electron chi connectivity index (χ3n) is 4.38. The third kappa shape index (κ3) is 3.62. The number of hydrogen-bond donors (Lipinski definition) is 2. The predicted molar refractivity (Wildman–Crippen MR) is 91.9 cm³/mol. The van der Waals surface area contributed by atoms with Crippen LogP contribution in [0.15, 0.2) is 28.8 Å². The van der Waals surface area contributed by atoms with Crippen molar-refractivity contribution in [2.75, 3.05) is 0 Å². The lowest BCUT2D eigenvalue weighted by molar-refractivity contribution is 0.0915. The number of rotatable bonds is 4. The Labute approximate surface area is 146 Å². The molecule has 5 nitrogen and oxygen atoms in total. The molecule has 2 aromatic rings. The molecule has 0 bridgehead atoms. The minimum atomic E-state index is -0.911. The average Bonchev–Trinajstić information content (AvgIpc) is 3.02. The van der Waals surface area contributed by atoms with Crippen LogP contribution in [0.25, 0.3) is 11.3 Å². The average molecular weight is 349 g/mol. The Morgan fingerprint density at radius 2 is 1.96 bits per heavy atom. The number of benzene rings is 1. The molecule has 1 aliphatic rings. The highest BCUT2D eigenvalue weighted by Crippen LogP contribution is 2.30. The van der Waals surface area contributed by atoms with Gasteiger partial charge in [0.1, 0.15) is 17.4 Å². The van der Waals surface area contributed by atoms with Gasteiger partial charge in [0.15, 0.2) is 5.76 Å². The lowest BCUT2D eigenvalue weighted by Gasteiger charge is -2.22. The van der Waals surface area contributed by atoms with Crippen LogP contribution in [-0.2, 0) is 0 Å². The van der Waals surface area contributed by atoms with Crippen LogP contribution in [-0.4, -0.2) is 22.2 Å². The Morgan fingerprint density at radius 1 is 1.29 bits per heavy atom. The Bertz CT molecular complexity index is 704. The number of aliphatic hydroxyl groups excluding tert-OH is 1. The molecule has 6 heteroatoms. The fourth-order valence-corrected chi connectivity index (χ4v) is 3.24. The molecular weight excluding hydrogens is 328 g/mol. The summed E-state index contributed by atoms with van der Waals surface area (Å²) >= 11 is 5.92. The summed E-state index contributed by atoms with van der Waals surface area (Å²) in [4.78, 5) is 12.8. The summed E-state index contributed by atoms with van der Waals surface area (Å²) in [5, 5.41) is 17.6. The van der Waals surface area contributed by atoms with Crippen LogP contribution in [0.2, 0.25) is 5.02 Å². The molecule has 1 heterocycles. The zero-order valence-electron chi connectivity index (χ0n) is 13.6. The highest BCUT2D eigenvalue weighted by Gasteiger charge is 2.28. The van der Waals surface area contributed by atoms with Crippen LogP contribution in [0.1, 0.15) is 61.3 Å². The first-order valence-electron chi connectivity index (χ1n) is 8.30. The molecule has 1 fully saturated rings. The van der Waals surface area contributed by atoms with Gasteiger partial charge < -0.3 is 14.9 Å². The second kappa shape index (κ2) is 7.36. The molecule has 0 aliphatic heterocycles. The van der Waals surface area contributed by atoms with E-state index < -0.39 is 6.10 Å². The van der Waals surface area contributed by atoms with Gasteiger partial charge in [-0.1, -0.05) is 48.2 Å². The number of nitrogens with one attached hydrogen (secondary N) is 1. The van der Waals surface area contributed by atoms with E-state index in [2.05, 4.69) is 10.5 Å². The molecule has 1 saturated carbocycles. The largest absolute Gasteiger partial charge is 0.385 e. The molecule has 1 atom stereocenters. The van der Waals surface area contributed by atoms with E-state index >= 15 is 0 Å². The van der Waals surface area contributed by atoms with Gasteiger partial charge in [0.25, 0.3) is 5.91 Å². The maximum atomic E-state index is 12.8. The zero-order chi connectivity index (χ0) is 17.1. The number of carbonyl (C=O) groups is 1.